The number of ether oxygens (including phenoxy) is 1. The monoisotopic (exact) mass is 205 g/mol. The molecule has 1 aliphatic rings. The molecule has 1 saturated heterocycles. The van der Waals surface area contributed by atoms with Gasteiger partial charge in [-0.2, -0.15) is 0 Å². The molecule has 0 spiro atoms. The Morgan fingerprint density at radius 3 is 2.47 bits per heavy atom. The lowest BCUT2D eigenvalue weighted by atomic mass is 10.0. The third kappa shape index (κ3) is 1.92. The largest absolute Gasteiger partial charge is 0.354 e. The molecule has 1 fully saturated rings. The quantitative estimate of drug-likeness (QED) is 0.736. The molecule has 0 amide bonds. The van der Waals surface area contributed by atoms with Gasteiger partial charge in [-0.05, 0) is 26.0 Å². The van der Waals surface area contributed by atoms with Crippen molar-refractivity contribution in [3.05, 3.63) is 35.9 Å². The van der Waals surface area contributed by atoms with E-state index in [-0.39, 0.29) is 12.3 Å². The van der Waals surface area contributed by atoms with Crippen LogP contribution in [-0.4, -0.2) is 24.2 Å². The Labute approximate surface area is 91.9 Å². The molecule has 1 aromatic carbocycles. The number of likely N-dealkylation sites (N-methyl/N-ethyl adjacent to an activating group) is 1. The van der Waals surface area contributed by atoms with Crippen LogP contribution in [0, 0.1) is 0 Å². The highest BCUT2D eigenvalue weighted by atomic mass is 16.5. The summed E-state index contributed by atoms with van der Waals surface area (Å²) in [6, 6.07) is 10.9. The summed E-state index contributed by atoms with van der Waals surface area (Å²) in [4.78, 5) is 2.32. The molecule has 82 valence electrons. The molecule has 0 N–H and O–H groups in total. The van der Waals surface area contributed by atoms with E-state index in [0.717, 1.165) is 6.42 Å². The van der Waals surface area contributed by atoms with Crippen molar-refractivity contribution in [1.29, 1.82) is 0 Å². The van der Waals surface area contributed by atoms with Crippen LogP contribution in [0.25, 0.3) is 0 Å². The molecule has 0 bridgehead atoms. The van der Waals surface area contributed by atoms with E-state index in [9.17, 15) is 0 Å². The zero-order chi connectivity index (χ0) is 10.8. The lowest BCUT2D eigenvalue weighted by Crippen LogP contribution is -2.31. The van der Waals surface area contributed by atoms with Crippen LogP contribution in [-0.2, 0) is 4.74 Å². The second-order valence-electron chi connectivity index (χ2n) is 4.24. The molecule has 3 atom stereocenters. The first-order valence-corrected chi connectivity index (χ1v) is 5.66. The summed E-state index contributed by atoms with van der Waals surface area (Å²) in [6.07, 6.45) is 1.54. The number of benzene rings is 1. The van der Waals surface area contributed by atoms with E-state index in [1.807, 2.05) is 6.07 Å². The van der Waals surface area contributed by atoms with E-state index in [0.29, 0.717) is 6.04 Å². The molecule has 1 aromatic rings. The lowest BCUT2D eigenvalue weighted by Gasteiger charge is -2.19. The lowest BCUT2D eigenvalue weighted by molar-refractivity contribution is 0.00511. The Balaban J connectivity index is 2.19. The minimum Gasteiger partial charge on any atom is -0.354 e. The first-order valence-electron chi connectivity index (χ1n) is 5.66. The van der Waals surface area contributed by atoms with Crippen molar-refractivity contribution < 1.29 is 4.74 Å². The van der Waals surface area contributed by atoms with Gasteiger partial charge in [0.1, 0.15) is 6.23 Å². The molecule has 0 unspecified atom stereocenters. The molecule has 2 rings (SSSR count). The summed E-state index contributed by atoms with van der Waals surface area (Å²) in [7, 11) is 2.14. The first kappa shape index (κ1) is 10.7. The topological polar surface area (TPSA) is 12.5 Å². The fourth-order valence-electron chi connectivity index (χ4n) is 2.24. The average Bonchev–Trinajstić information content (AvgIpc) is 2.57. The molecular formula is C13H19NO. The second kappa shape index (κ2) is 4.33. The van der Waals surface area contributed by atoms with E-state index in [1.54, 1.807) is 0 Å². The van der Waals surface area contributed by atoms with Crippen LogP contribution in [0.4, 0.5) is 0 Å². The van der Waals surface area contributed by atoms with Crippen LogP contribution in [0.5, 0.6) is 0 Å². The normalized spacial score (nSPS) is 32.1. The molecule has 1 aliphatic heterocycles. The molecule has 0 saturated carbocycles. The van der Waals surface area contributed by atoms with Gasteiger partial charge < -0.3 is 4.74 Å². The maximum atomic E-state index is 6.05. The van der Waals surface area contributed by atoms with Crippen molar-refractivity contribution in [2.45, 2.75) is 38.6 Å². The van der Waals surface area contributed by atoms with Crippen molar-refractivity contribution in [1.82, 2.24) is 4.90 Å². The molecule has 15 heavy (non-hydrogen) atoms. The highest BCUT2D eigenvalue weighted by Crippen LogP contribution is 2.34. The maximum absolute atomic E-state index is 6.05. The number of rotatable bonds is 2. The standard InChI is InChI=1S/C13H19NO/c1-4-12-14(3)10(2)13(15-12)11-8-6-5-7-9-11/h5-10,12-13H,4H2,1-3H3/t10-,12-,13-/m0/s1. The predicted octanol–water partition coefficient (Wildman–Crippen LogP) is 2.81. The van der Waals surface area contributed by atoms with Crippen LogP contribution >= 0.6 is 0 Å². The predicted molar refractivity (Wildman–Crippen MR) is 61.6 cm³/mol. The van der Waals surface area contributed by atoms with Gasteiger partial charge in [-0.1, -0.05) is 37.3 Å². The molecule has 0 aromatic heterocycles. The fraction of sp³-hybridized carbons (Fsp3) is 0.538. The third-order valence-corrected chi connectivity index (χ3v) is 3.32. The maximum Gasteiger partial charge on any atom is 0.111 e. The molecule has 2 nitrogen and oxygen atoms in total. The van der Waals surface area contributed by atoms with Crippen LogP contribution in [0.3, 0.4) is 0 Å². The zero-order valence-corrected chi connectivity index (χ0v) is 9.68. The smallest absolute Gasteiger partial charge is 0.111 e. The molecule has 0 aliphatic carbocycles. The van der Waals surface area contributed by atoms with E-state index < -0.39 is 0 Å². The summed E-state index contributed by atoms with van der Waals surface area (Å²) in [6.45, 7) is 4.40. The van der Waals surface area contributed by atoms with Crippen molar-refractivity contribution >= 4 is 0 Å². The first-order chi connectivity index (χ1) is 7.24. The fourth-order valence-corrected chi connectivity index (χ4v) is 2.24. The van der Waals surface area contributed by atoms with Gasteiger partial charge in [0.15, 0.2) is 0 Å². The van der Waals surface area contributed by atoms with Gasteiger partial charge in [-0.3, -0.25) is 4.90 Å². The van der Waals surface area contributed by atoms with E-state index >= 15 is 0 Å². The Morgan fingerprint density at radius 2 is 1.93 bits per heavy atom. The average molecular weight is 205 g/mol. The second-order valence-corrected chi connectivity index (χ2v) is 4.24. The van der Waals surface area contributed by atoms with Crippen LogP contribution in [0.15, 0.2) is 30.3 Å². The molecular weight excluding hydrogens is 186 g/mol. The number of nitrogens with zero attached hydrogens (tertiary/aromatic N) is 1. The highest BCUT2D eigenvalue weighted by molar-refractivity contribution is 5.20. The Kier molecular flexibility index (Phi) is 3.08. The Hall–Kier alpha value is -0.860. The van der Waals surface area contributed by atoms with Gasteiger partial charge in [0.25, 0.3) is 0 Å². The van der Waals surface area contributed by atoms with E-state index in [4.69, 9.17) is 4.74 Å². The van der Waals surface area contributed by atoms with Crippen LogP contribution in [0.2, 0.25) is 0 Å². The van der Waals surface area contributed by atoms with Gasteiger partial charge in [0, 0.05) is 6.04 Å². The summed E-state index contributed by atoms with van der Waals surface area (Å²) in [5.41, 5.74) is 1.28. The van der Waals surface area contributed by atoms with Crippen molar-refractivity contribution in [2.75, 3.05) is 7.05 Å². The summed E-state index contributed by atoms with van der Waals surface area (Å²) in [5.74, 6) is 0. The van der Waals surface area contributed by atoms with Crippen molar-refractivity contribution in [3.63, 3.8) is 0 Å². The highest BCUT2D eigenvalue weighted by Gasteiger charge is 2.36. The van der Waals surface area contributed by atoms with Gasteiger partial charge >= 0.3 is 0 Å². The minimum atomic E-state index is 0.223. The van der Waals surface area contributed by atoms with E-state index in [2.05, 4.69) is 50.1 Å². The molecule has 0 radical (unpaired) electrons. The summed E-state index contributed by atoms with van der Waals surface area (Å²) in [5, 5.41) is 0. The number of hydrogen-bond donors (Lipinski definition) is 0. The van der Waals surface area contributed by atoms with Crippen LogP contribution < -0.4 is 0 Å². The SMILES string of the molecule is CC[C@@H]1O[C@H](c2ccccc2)[C@H](C)N1C. The number of hydrogen-bond acceptors (Lipinski definition) is 2. The van der Waals surface area contributed by atoms with Crippen molar-refractivity contribution in [2.24, 2.45) is 0 Å². The van der Waals surface area contributed by atoms with Crippen LogP contribution in [0.1, 0.15) is 31.9 Å². The van der Waals surface area contributed by atoms with Crippen molar-refractivity contribution in [3.8, 4) is 0 Å². The van der Waals surface area contributed by atoms with Gasteiger partial charge in [0.2, 0.25) is 0 Å². The van der Waals surface area contributed by atoms with Gasteiger partial charge in [0.05, 0.1) is 6.10 Å². The Morgan fingerprint density at radius 1 is 1.27 bits per heavy atom. The zero-order valence-electron chi connectivity index (χ0n) is 9.68. The van der Waals surface area contributed by atoms with Gasteiger partial charge in [-0.15, -0.1) is 0 Å². The third-order valence-electron chi connectivity index (χ3n) is 3.32. The van der Waals surface area contributed by atoms with E-state index in [1.165, 1.54) is 5.56 Å². The Bertz CT molecular complexity index is 312. The minimum absolute atomic E-state index is 0.223. The van der Waals surface area contributed by atoms with Gasteiger partial charge in [-0.25, -0.2) is 0 Å². The molecule has 2 heteroatoms. The summed E-state index contributed by atoms with van der Waals surface area (Å²) < 4.78 is 6.05. The molecule has 1 heterocycles. The summed E-state index contributed by atoms with van der Waals surface area (Å²) >= 11 is 0.